The summed E-state index contributed by atoms with van der Waals surface area (Å²) in [6.07, 6.45) is 0. The molecule has 0 radical (unpaired) electrons. The van der Waals surface area contributed by atoms with Crippen molar-refractivity contribution in [3.63, 3.8) is 0 Å². The van der Waals surface area contributed by atoms with Crippen molar-refractivity contribution < 1.29 is 17.8 Å². The number of halogens is 3. The fourth-order valence-electron chi connectivity index (χ4n) is 0. The van der Waals surface area contributed by atoms with Crippen molar-refractivity contribution in [2.24, 2.45) is 0 Å². The first-order valence-electron chi connectivity index (χ1n) is 0.507. The van der Waals surface area contributed by atoms with E-state index >= 15 is 0 Å². The topological polar surface area (TPSA) is 28.5 Å². The molecule has 0 aromatic carbocycles. The van der Waals surface area contributed by atoms with Gasteiger partial charge < -0.3 is 5.48 Å². The molecular formula is Cl3OV. The second-order valence-electron chi connectivity index (χ2n) is 0.192. The van der Waals surface area contributed by atoms with Crippen LogP contribution in [0.5, 0.6) is 0 Å². The molecule has 5 heteroatoms. The Labute approximate surface area is 47.4 Å². The smallest absolute Gasteiger partial charge is 2.00 e. The van der Waals surface area contributed by atoms with E-state index in [1.54, 1.807) is 0 Å². The Balaban J connectivity index is 0. The van der Waals surface area contributed by atoms with Crippen molar-refractivity contribution >= 4 is 29.5 Å². The minimum Gasteiger partial charge on any atom is -2.00 e. The summed E-state index contributed by atoms with van der Waals surface area (Å²) in [7, 11) is 14.9. The van der Waals surface area contributed by atoms with Crippen molar-refractivity contribution in [3.8, 4) is 0 Å². The maximum atomic E-state index is 4.95. The molecule has 0 bridgehead atoms. The van der Waals surface area contributed by atoms with Crippen molar-refractivity contribution in [1.82, 2.24) is 0 Å². The molecule has 0 heterocycles. The van der Waals surface area contributed by atoms with Gasteiger partial charge in [-0.1, -0.05) is 0 Å². The van der Waals surface area contributed by atoms with Gasteiger partial charge in [-0.25, -0.2) is 0 Å². The number of hydrogen-bond acceptors (Lipinski definition) is 0. The monoisotopic (exact) mass is 172 g/mol. The van der Waals surface area contributed by atoms with Crippen LogP contribution >= 0.6 is 29.5 Å². The molecule has 0 unspecified atom stereocenters. The molecule has 0 amide bonds. The van der Waals surface area contributed by atoms with Gasteiger partial charge in [0.2, 0.25) is 0 Å². The van der Waals surface area contributed by atoms with E-state index in [9.17, 15) is 0 Å². The van der Waals surface area contributed by atoms with E-state index in [4.69, 9.17) is 29.5 Å². The van der Waals surface area contributed by atoms with E-state index in [0.717, 1.165) is 0 Å². The van der Waals surface area contributed by atoms with Crippen LogP contribution < -0.4 is 0 Å². The van der Waals surface area contributed by atoms with Gasteiger partial charge in [0, 0.05) is 0 Å². The van der Waals surface area contributed by atoms with Gasteiger partial charge in [0.1, 0.15) is 0 Å². The number of rotatable bonds is 0. The van der Waals surface area contributed by atoms with Crippen LogP contribution in [0.1, 0.15) is 0 Å². The van der Waals surface area contributed by atoms with Gasteiger partial charge in [0.05, 0.1) is 0 Å². The Morgan fingerprint density at radius 3 is 1.00 bits per heavy atom. The first kappa shape index (κ1) is 9.65. The quantitative estimate of drug-likeness (QED) is 0.536. The summed E-state index contributed by atoms with van der Waals surface area (Å²) >= 11 is -1.77. The molecule has 0 aliphatic rings. The summed E-state index contributed by atoms with van der Waals surface area (Å²) in [5.74, 6) is 0. The van der Waals surface area contributed by atoms with E-state index < -0.39 is 12.3 Å². The zero-order valence-electron chi connectivity index (χ0n) is 1.99. The van der Waals surface area contributed by atoms with Crippen molar-refractivity contribution in [1.29, 1.82) is 0 Å². The van der Waals surface area contributed by atoms with Gasteiger partial charge in [-0.3, -0.25) is 0 Å². The standard InChI is InChI=1S/3ClH.O.V/h3*1H;;/q;;;-2;+5/p-3. The molecule has 0 aromatic rings. The van der Waals surface area contributed by atoms with Crippen LogP contribution in [-0.2, 0) is 17.8 Å². The zero-order chi connectivity index (χ0) is 3.58. The molecule has 0 saturated carbocycles. The van der Waals surface area contributed by atoms with Crippen LogP contribution in [0.15, 0.2) is 0 Å². The Bertz CT molecular complexity index is 11.6. The largest absolute Gasteiger partial charge is 2.00 e. The van der Waals surface area contributed by atoms with Gasteiger partial charge in [0.25, 0.3) is 0 Å². The van der Waals surface area contributed by atoms with Crippen LogP contribution in [0.2, 0.25) is 0 Å². The molecular weight excluding hydrogens is 173 g/mol. The summed E-state index contributed by atoms with van der Waals surface area (Å²) in [5.41, 5.74) is 0. The van der Waals surface area contributed by atoms with Gasteiger partial charge >= 0.3 is 41.8 Å². The SMILES string of the molecule is [Cl][V+2]([Cl])[Cl].[O-2]. The minimum atomic E-state index is -1.77. The van der Waals surface area contributed by atoms with E-state index in [1.165, 1.54) is 0 Å². The fourth-order valence-corrected chi connectivity index (χ4v) is 0. The second-order valence-corrected chi connectivity index (χ2v) is 7.11. The van der Waals surface area contributed by atoms with E-state index in [1.807, 2.05) is 0 Å². The first-order chi connectivity index (χ1) is 1.73. The van der Waals surface area contributed by atoms with Crippen LogP contribution in [0, 0.1) is 0 Å². The molecule has 0 saturated heterocycles. The van der Waals surface area contributed by atoms with Gasteiger partial charge in [0.15, 0.2) is 0 Å². The summed E-state index contributed by atoms with van der Waals surface area (Å²) in [6.45, 7) is 0. The maximum Gasteiger partial charge on any atom is -2.00 e. The Morgan fingerprint density at radius 2 is 1.00 bits per heavy atom. The zero-order valence-corrected chi connectivity index (χ0v) is 5.65. The normalized spacial score (nSPS) is 5.40. The first-order valence-corrected chi connectivity index (χ1v) is 6.27. The van der Waals surface area contributed by atoms with Crippen LogP contribution in [0.25, 0.3) is 0 Å². The molecule has 5 heavy (non-hydrogen) atoms. The molecule has 0 rings (SSSR count). The Morgan fingerprint density at radius 1 is 1.00 bits per heavy atom. The van der Waals surface area contributed by atoms with E-state index in [0.29, 0.717) is 0 Å². The molecule has 0 aliphatic heterocycles. The molecule has 0 atom stereocenters. The Hall–Kier alpha value is 1.41. The van der Waals surface area contributed by atoms with Crippen LogP contribution in [0.4, 0.5) is 0 Å². The second kappa shape index (κ2) is 5.41. The summed E-state index contributed by atoms with van der Waals surface area (Å²) in [6, 6.07) is 0. The van der Waals surface area contributed by atoms with E-state index in [-0.39, 0.29) is 5.48 Å². The van der Waals surface area contributed by atoms with Crippen molar-refractivity contribution in [2.75, 3.05) is 0 Å². The predicted octanol–water partition coefficient (Wildman–Crippen LogP) is 1.95. The maximum absolute atomic E-state index is 4.95. The summed E-state index contributed by atoms with van der Waals surface area (Å²) < 4.78 is 0. The molecule has 0 N–H and O–H groups in total. The minimum absolute atomic E-state index is 0. The molecule has 0 spiro atoms. The van der Waals surface area contributed by atoms with E-state index in [2.05, 4.69) is 0 Å². The van der Waals surface area contributed by atoms with Crippen molar-refractivity contribution in [3.05, 3.63) is 0 Å². The third-order valence-electron chi connectivity index (χ3n) is 0. The summed E-state index contributed by atoms with van der Waals surface area (Å²) in [5, 5.41) is 0. The third-order valence-corrected chi connectivity index (χ3v) is 0. The average Bonchev–Trinajstić information content (AvgIpc) is 0.811. The van der Waals surface area contributed by atoms with Crippen LogP contribution in [0.3, 0.4) is 0 Å². The van der Waals surface area contributed by atoms with Gasteiger partial charge in [-0.2, -0.15) is 0 Å². The molecule has 0 aliphatic carbocycles. The molecule has 0 fully saturated rings. The average molecular weight is 173 g/mol. The molecule has 1 nitrogen and oxygen atoms in total. The number of hydrogen-bond donors (Lipinski definition) is 0. The fraction of sp³-hybridized carbons (Fsp3) is 0. The van der Waals surface area contributed by atoms with Gasteiger partial charge in [-0.05, 0) is 0 Å². The third kappa shape index (κ3) is 31.6. The summed E-state index contributed by atoms with van der Waals surface area (Å²) in [4.78, 5) is 0. The van der Waals surface area contributed by atoms with Crippen LogP contribution in [-0.4, -0.2) is 0 Å². The van der Waals surface area contributed by atoms with Gasteiger partial charge in [-0.15, -0.1) is 0 Å². The molecule has 0 aromatic heterocycles. The van der Waals surface area contributed by atoms with Crippen molar-refractivity contribution in [2.45, 2.75) is 0 Å². The Kier molecular flexibility index (Phi) is 10.4. The molecule has 32 valence electrons. The predicted molar refractivity (Wildman–Crippen MR) is 18.2 cm³/mol.